The number of likely N-dealkylation sites (tertiary alicyclic amines) is 1. The van der Waals surface area contributed by atoms with Crippen molar-refractivity contribution in [3.8, 4) is 0 Å². The van der Waals surface area contributed by atoms with Gasteiger partial charge in [0.15, 0.2) is 0 Å². The number of aromatic nitrogens is 2. The second-order valence-electron chi connectivity index (χ2n) is 8.09. The Labute approximate surface area is 159 Å². The number of hydrogen-bond donors (Lipinski definition) is 1. The van der Waals surface area contributed by atoms with E-state index in [0.717, 1.165) is 37.8 Å². The summed E-state index contributed by atoms with van der Waals surface area (Å²) in [4.78, 5) is 18.9. The molecule has 1 aliphatic heterocycles. The van der Waals surface area contributed by atoms with E-state index in [4.69, 9.17) is 0 Å². The molecule has 1 saturated heterocycles. The van der Waals surface area contributed by atoms with E-state index in [1.807, 2.05) is 29.6 Å². The molecule has 2 amide bonds. The van der Waals surface area contributed by atoms with Crippen molar-refractivity contribution >= 4 is 6.03 Å². The third-order valence-corrected chi connectivity index (χ3v) is 6.46. The summed E-state index contributed by atoms with van der Waals surface area (Å²) >= 11 is 0. The van der Waals surface area contributed by atoms with Gasteiger partial charge >= 0.3 is 6.03 Å². The van der Waals surface area contributed by atoms with Crippen LogP contribution in [-0.4, -0.2) is 40.1 Å². The van der Waals surface area contributed by atoms with Gasteiger partial charge in [0.2, 0.25) is 0 Å². The zero-order chi connectivity index (χ0) is 18.9. The minimum absolute atomic E-state index is 0.000372. The number of piperidine rings is 1. The summed E-state index contributed by atoms with van der Waals surface area (Å²) in [6, 6.07) is 7.01. The first kappa shape index (κ1) is 18.0. The maximum atomic E-state index is 13.3. The van der Waals surface area contributed by atoms with Gasteiger partial charge in [0.05, 0.1) is 12.4 Å². The lowest BCUT2D eigenvalue weighted by atomic mass is 9.64. The first-order valence-electron chi connectivity index (χ1n) is 9.84. The monoisotopic (exact) mass is 370 g/mol. The number of carbonyl (C=O) groups excluding carboxylic acids is 1. The van der Waals surface area contributed by atoms with Crippen LogP contribution in [0, 0.1) is 11.7 Å². The van der Waals surface area contributed by atoms with E-state index in [9.17, 15) is 9.18 Å². The molecule has 27 heavy (non-hydrogen) atoms. The molecule has 0 bridgehead atoms. The Morgan fingerprint density at radius 2 is 2.11 bits per heavy atom. The van der Waals surface area contributed by atoms with Gasteiger partial charge in [-0.1, -0.05) is 25.5 Å². The van der Waals surface area contributed by atoms with Crippen LogP contribution in [0.2, 0.25) is 0 Å². The minimum atomic E-state index is -0.217. The molecule has 0 spiro atoms. The predicted octanol–water partition coefficient (Wildman–Crippen LogP) is 3.74. The van der Waals surface area contributed by atoms with Gasteiger partial charge in [-0.15, -0.1) is 0 Å². The normalized spacial score (nSPS) is 24.3. The van der Waals surface area contributed by atoms with Gasteiger partial charge in [0, 0.05) is 37.4 Å². The summed E-state index contributed by atoms with van der Waals surface area (Å²) in [7, 11) is 0. The summed E-state index contributed by atoms with van der Waals surface area (Å²) < 4.78 is 15.4. The van der Waals surface area contributed by atoms with Crippen LogP contribution in [0.4, 0.5) is 9.18 Å². The summed E-state index contributed by atoms with van der Waals surface area (Å²) in [6.45, 7) is 4.33. The van der Waals surface area contributed by atoms with Crippen molar-refractivity contribution in [1.82, 2.24) is 19.8 Å². The van der Waals surface area contributed by atoms with Gasteiger partial charge in [0.1, 0.15) is 5.82 Å². The van der Waals surface area contributed by atoms with Crippen LogP contribution in [-0.2, 0) is 5.41 Å². The Morgan fingerprint density at radius 1 is 1.33 bits per heavy atom. The number of carbonyl (C=O) groups is 1. The average Bonchev–Trinajstić information content (AvgIpc) is 3.17. The van der Waals surface area contributed by atoms with E-state index in [1.54, 1.807) is 6.20 Å². The lowest BCUT2D eigenvalue weighted by Crippen LogP contribution is -2.52. The number of halogens is 1. The van der Waals surface area contributed by atoms with Crippen LogP contribution in [0.1, 0.15) is 44.2 Å². The molecule has 1 aromatic carbocycles. The van der Waals surface area contributed by atoms with Crippen LogP contribution in [0.5, 0.6) is 0 Å². The predicted molar refractivity (Wildman–Crippen MR) is 102 cm³/mol. The van der Waals surface area contributed by atoms with Gasteiger partial charge in [-0.05, 0) is 42.9 Å². The van der Waals surface area contributed by atoms with Crippen molar-refractivity contribution in [3.63, 3.8) is 0 Å². The minimum Gasteiger partial charge on any atom is -0.337 e. The molecule has 2 unspecified atom stereocenters. The molecule has 1 saturated carbocycles. The fraction of sp³-hybridized carbons (Fsp3) is 0.524. The number of rotatable bonds is 4. The summed E-state index contributed by atoms with van der Waals surface area (Å²) in [6.07, 6.45) is 9.80. The molecule has 0 radical (unpaired) electrons. The highest BCUT2D eigenvalue weighted by molar-refractivity contribution is 5.74. The maximum Gasteiger partial charge on any atom is 0.317 e. The number of amides is 2. The van der Waals surface area contributed by atoms with Gasteiger partial charge in [-0.25, -0.2) is 14.2 Å². The number of nitrogens with zero attached hydrogens (tertiary/aromatic N) is 3. The Bertz CT molecular complexity index is 770. The zero-order valence-electron chi connectivity index (χ0n) is 15.8. The molecule has 1 aliphatic carbocycles. The van der Waals surface area contributed by atoms with Crippen molar-refractivity contribution in [2.24, 2.45) is 5.92 Å². The van der Waals surface area contributed by atoms with E-state index >= 15 is 0 Å². The maximum absolute atomic E-state index is 13.3. The molecule has 2 fully saturated rings. The summed E-state index contributed by atoms with van der Waals surface area (Å²) in [5.74, 6) is 0.297. The third-order valence-electron chi connectivity index (χ3n) is 6.46. The Balaban J connectivity index is 1.39. The summed E-state index contributed by atoms with van der Waals surface area (Å²) in [5, 5.41) is 3.16. The molecule has 5 nitrogen and oxygen atoms in total. The fourth-order valence-corrected chi connectivity index (χ4v) is 4.42. The van der Waals surface area contributed by atoms with Crippen molar-refractivity contribution < 1.29 is 9.18 Å². The lowest BCUT2D eigenvalue weighted by molar-refractivity contribution is 0.135. The van der Waals surface area contributed by atoms with Crippen LogP contribution < -0.4 is 5.32 Å². The number of imidazole rings is 1. The number of hydrogen-bond acceptors (Lipinski definition) is 2. The van der Waals surface area contributed by atoms with Crippen molar-refractivity contribution in [3.05, 3.63) is 54.4 Å². The van der Waals surface area contributed by atoms with Gasteiger partial charge < -0.3 is 14.8 Å². The Hall–Kier alpha value is -2.37. The molecular weight excluding hydrogens is 343 g/mol. The number of nitrogens with one attached hydrogen (secondary N) is 1. The van der Waals surface area contributed by atoms with E-state index in [1.165, 1.54) is 12.1 Å². The SMILES string of the molecule is CC1CCN(C(=O)NCC2(c3ccc(F)cc3)CCC2)CC1n1ccnc1. The Morgan fingerprint density at radius 3 is 2.74 bits per heavy atom. The van der Waals surface area contributed by atoms with Crippen LogP contribution in [0.3, 0.4) is 0 Å². The highest BCUT2D eigenvalue weighted by Crippen LogP contribution is 2.43. The molecule has 1 N–H and O–H groups in total. The zero-order valence-corrected chi connectivity index (χ0v) is 15.8. The third kappa shape index (κ3) is 3.57. The van der Waals surface area contributed by atoms with Crippen LogP contribution >= 0.6 is 0 Å². The molecule has 144 valence electrons. The number of urea groups is 1. The first-order valence-corrected chi connectivity index (χ1v) is 9.84. The first-order chi connectivity index (χ1) is 13.1. The highest BCUT2D eigenvalue weighted by atomic mass is 19.1. The quantitative estimate of drug-likeness (QED) is 0.891. The molecule has 6 heteroatoms. The second-order valence-corrected chi connectivity index (χ2v) is 8.09. The standard InChI is InChI=1S/C21H27FN4O/c1-16-7-11-25(13-19(16)26-12-10-23-15-26)20(27)24-14-21(8-2-9-21)17-3-5-18(22)6-4-17/h3-6,10,12,15-16,19H,2,7-9,11,13-14H2,1H3,(H,24,27). The molecule has 1 aromatic heterocycles. The second kappa shape index (κ2) is 7.33. The van der Waals surface area contributed by atoms with Crippen LogP contribution in [0.25, 0.3) is 0 Å². The molecule has 2 atom stereocenters. The van der Waals surface area contributed by atoms with Gasteiger partial charge in [0.25, 0.3) is 0 Å². The van der Waals surface area contributed by atoms with E-state index < -0.39 is 0 Å². The molecule has 4 rings (SSSR count). The average molecular weight is 370 g/mol. The van der Waals surface area contributed by atoms with Crippen molar-refractivity contribution in [1.29, 1.82) is 0 Å². The summed E-state index contributed by atoms with van der Waals surface area (Å²) in [5.41, 5.74) is 1.08. The molecule has 2 aromatic rings. The Kier molecular flexibility index (Phi) is 4.89. The van der Waals surface area contributed by atoms with Crippen LogP contribution in [0.15, 0.2) is 43.0 Å². The molecule has 2 aliphatic rings. The van der Waals surface area contributed by atoms with Gasteiger partial charge in [-0.3, -0.25) is 0 Å². The van der Waals surface area contributed by atoms with E-state index in [0.29, 0.717) is 19.0 Å². The highest BCUT2D eigenvalue weighted by Gasteiger charge is 2.39. The van der Waals surface area contributed by atoms with Crippen molar-refractivity contribution in [2.75, 3.05) is 19.6 Å². The number of benzene rings is 1. The lowest BCUT2D eigenvalue weighted by Gasteiger charge is -2.43. The molecule has 2 heterocycles. The fourth-order valence-electron chi connectivity index (χ4n) is 4.42. The smallest absolute Gasteiger partial charge is 0.317 e. The van der Waals surface area contributed by atoms with Gasteiger partial charge in [-0.2, -0.15) is 0 Å². The molecular formula is C21H27FN4O. The van der Waals surface area contributed by atoms with Crippen molar-refractivity contribution in [2.45, 2.75) is 44.1 Å². The van der Waals surface area contributed by atoms with E-state index in [-0.39, 0.29) is 23.3 Å². The largest absolute Gasteiger partial charge is 0.337 e. The topological polar surface area (TPSA) is 50.2 Å². The van der Waals surface area contributed by atoms with E-state index in [2.05, 4.69) is 21.8 Å².